The van der Waals surface area contributed by atoms with E-state index < -0.39 is 0 Å². The molecule has 0 aromatic heterocycles. The Morgan fingerprint density at radius 3 is 2.50 bits per heavy atom. The summed E-state index contributed by atoms with van der Waals surface area (Å²) in [5.74, 6) is 1.77. The van der Waals surface area contributed by atoms with Gasteiger partial charge in [0.1, 0.15) is 0 Å². The lowest BCUT2D eigenvalue weighted by Crippen LogP contribution is -2.32. The van der Waals surface area contributed by atoms with E-state index >= 15 is 0 Å². The topological polar surface area (TPSA) is 20.2 Å². The molecule has 0 bridgehead atoms. The van der Waals surface area contributed by atoms with E-state index in [1.54, 1.807) is 0 Å². The molecule has 0 aromatic rings. The van der Waals surface area contributed by atoms with Gasteiger partial charge in [-0.25, -0.2) is 0 Å². The Labute approximate surface area is 99.3 Å². The van der Waals surface area contributed by atoms with E-state index in [1.165, 1.54) is 12.0 Å². The molecule has 2 aliphatic rings. The van der Waals surface area contributed by atoms with E-state index in [0.717, 1.165) is 12.3 Å². The molecule has 1 heteroatoms. The second-order valence-corrected chi connectivity index (χ2v) is 6.20. The second kappa shape index (κ2) is 4.03. The van der Waals surface area contributed by atoms with Crippen molar-refractivity contribution in [3.63, 3.8) is 0 Å². The van der Waals surface area contributed by atoms with Crippen LogP contribution in [-0.2, 0) is 0 Å². The number of hydrogen-bond acceptors (Lipinski definition) is 1. The van der Waals surface area contributed by atoms with Crippen molar-refractivity contribution in [2.75, 3.05) is 0 Å². The van der Waals surface area contributed by atoms with Crippen LogP contribution in [0.3, 0.4) is 0 Å². The predicted molar refractivity (Wildman–Crippen MR) is 68.1 cm³/mol. The summed E-state index contributed by atoms with van der Waals surface area (Å²) in [5, 5.41) is 9.72. The van der Waals surface area contributed by atoms with Crippen LogP contribution in [-0.4, -0.2) is 11.2 Å². The fourth-order valence-electron chi connectivity index (χ4n) is 3.26. The molecule has 0 saturated heterocycles. The van der Waals surface area contributed by atoms with Crippen molar-refractivity contribution in [3.8, 4) is 0 Å². The third-order valence-electron chi connectivity index (χ3n) is 4.92. The first-order valence-corrected chi connectivity index (χ1v) is 6.46. The Morgan fingerprint density at radius 1 is 1.31 bits per heavy atom. The second-order valence-electron chi connectivity index (χ2n) is 6.20. The van der Waals surface area contributed by atoms with Gasteiger partial charge in [0.25, 0.3) is 0 Å². The molecular formula is C15H24O. The molecule has 0 aromatic carbocycles. The predicted octanol–water partition coefficient (Wildman–Crippen LogP) is 3.55. The normalized spacial score (nSPS) is 42.2. The maximum atomic E-state index is 9.72. The molecule has 0 radical (unpaired) electrons. The molecule has 0 amide bonds. The van der Waals surface area contributed by atoms with Crippen LogP contribution in [0.25, 0.3) is 0 Å². The minimum Gasteiger partial charge on any atom is -0.389 e. The van der Waals surface area contributed by atoms with Gasteiger partial charge in [-0.3, -0.25) is 0 Å². The summed E-state index contributed by atoms with van der Waals surface area (Å²) >= 11 is 0. The molecule has 1 nitrogen and oxygen atoms in total. The minimum atomic E-state index is -0.227. The molecule has 16 heavy (non-hydrogen) atoms. The summed E-state index contributed by atoms with van der Waals surface area (Å²) in [5.41, 5.74) is 1.86. The fourth-order valence-corrected chi connectivity index (χ4v) is 3.26. The zero-order chi connectivity index (χ0) is 11.9. The average molecular weight is 220 g/mol. The van der Waals surface area contributed by atoms with E-state index in [-0.39, 0.29) is 6.10 Å². The van der Waals surface area contributed by atoms with Gasteiger partial charge in [0.2, 0.25) is 0 Å². The first-order chi connectivity index (χ1) is 7.43. The average Bonchev–Trinajstić information content (AvgIpc) is 2.47. The zero-order valence-corrected chi connectivity index (χ0v) is 10.9. The highest BCUT2D eigenvalue weighted by molar-refractivity contribution is 5.21. The molecule has 2 aliphatic carbocycles. The Balaban J connectivity index is 2.14. The molecule has 90 valence electrons. The number of allylic oxidation sites excluding steroid dienone is 3. The van der Waals surface area contributed by atoms with Crippen molar-refractivity contribution in [2.24, 2.45) is 23.2 Å². The summed E-state index contributed by atoms with van der Waals surface area (Å²) in [6.07, 6.45) is 8.76. The fraction of sp³-hybridized carbons (Fsp3) is 0.733. The van der Waals surface area contributed by atoms with Gasteiger partial charge in [0.15, 0.2) is 0 Å². The highest BCUT2D eigenvalue weighted by Gasteiger charge is 2.40. The standard InChI is InChI=1S/C15H24O/c1-10-9-12(6-8-14(10)16)13-7-5-11(2)15(13,3)4/h5-6,8,10,12-14,16H,7,9H2,1-4H3/t10-,12+,13+,14-/m0/s1. The van der Waals surface area contributed by atoms with Crippen molar-refractivity contribution >= 4 is 0 Å². The van der Waals surface area contributed by atoms with Gasteiger partial charge in [-0.1, -0.05) is 44.6 Å². The Morgan fingerprint density at radius 2 is 2.00 bits per heavy atom. The van der Waals surface area contributed by atoms with Crippen molar-refractivity contribution < 1.29 is 5.11 Å². The third kappa shape index (κ3) is 1.86. The van der Waals surface area contributed by atoms with Crippen LogP contribution in [0.15, 0.2) is 23.8 Å². The van der Waals surface area contributed by atoms with Crippen LogP contribution in [0.1, 0.15) is 40.5 Å². The zero-order valence-electron chi connectivity index (χ0n) is 10.9. The number of rotatable bonds is 1. The van der Waals surface area contributed by atoms with Gasteiger partial charge in [-0.15, -0.1) is 0 Å². The van der Waals surface area contributed by atoms with Crippen LogP contribution >= 0.6 is 0 Å². The van der Waals surface area contributed by atoms with Crippen molar-refractivity contribution in [2.45, 2.75) is 46.6 Å². The summed E-state index contributed by atoms with van der Waals surface area (Å²) in [6, 6.07) is 0. The molecule has 0 aliphatic heterocycles. The third-order valence-corrected chi connectivity index (χ3v) is 4.92. The molecule has 4 atom stereocenters. The van der Waals surface area contributed by atoms with E-state index in [1.807, 2.05) is 6.08 Å². The molecule has 0 saturated carbocycles. The van der Waals surface area contributed by atoms with Crippen molar-refractivity contribution in [1.82, 2.24) is 0 Å². The van der Waals surface area contributed by atoms with Gasteiger partial charge in [0.05, 0.1) is 6.10 Å². The van der Waals surface area contributed by atoms with Gasteiger partial charge in [0, 0.05) is 0 Å². The Hall–Kier alpha value is -0.560. The lowest BCUT2D eigenvalue weighted by atomic mass is 9.67. The van der Waals surface area contributed by atoms with Gasteiger partial charge in [-0.2, -0.15) is 0 Å². The maximum Gasteiger partial charge on any atom is 0.0746 e. The number of aliphatic hydroxyl groups excluding tert-OH is 1. The SMILES string of the molecule is CC1=CC[C@H]([C@@H]2C=C[C@H](O)[C@@H](C)C2)C1(C)C. The Bertz CT molecular complexity index is 324. The van der Waals surface area contributed by atoms with Crippen molar-refractivity contribution in [1.29, 1.82) is 0 Å². The Kier molecular flexibility index (Phi) is 3.00. The number of hydrogen-bond donors (Lipinski definition) is 1. The van der Waals surface area contributed by atoms with Crippen LogP contribution in [0, 0.1) is 23.2 Å². The highest BCUT2D eigenvalue weighted by atomic mass is 16.3. The molecule has 0 spiro atoms. The van der Waals surface area contributed by atoms with Gasteiger partial charge >= 0.3 is 0 Å². The van der Waals surface area contributed by atoms with E-state index in [2.05, 4.69) is 39.8 Å². The molecule has 0 fully saturated rings. The van der Waals surface area contributed by atoms with Crippen molar-refractivity contribution in [3.05, 3.63) is 23.8 Å². The first kappa shape index (κ1) is 11.9. The summed E-state index contributed by atoms with van der Waals surface area (Å²) in [4.78, 5) is 0. The maximum absolute atomic E-state index is 9.72. The van der Waals surface area contributed by atoms with Gasteiger partial charge in [-0.05, 0) is 42.9 Å². The summed E-state index contributed by atoms with van der Waals surface area (Å²) in [6.45, 7) is 9.13. The van der Waals surface area contributed by atoms with Crippen LogP contribution in [0.2, 0.25) is 0 Å². The quantitative estimate of drug-likeness (QED) is 0.670. The molecule has 0 heterocycles. The lowest BCUT2D eigenvalue weighted by Gasteiger charge is -2.38. The largest absolute Gasteiger partial charge is 0.389 e. The molecule has 2 rings (SSSR count). The monoisotopic (exact) mass is 220 g/mol. The van der Waals surface area contributed by atoms with Crippen LogP contribution < -0.4 is 0 Å². The highest BCUT2D eigenvalue weighted by Crippen LogP contribution is 2.49. The van der Waals surface area contributed by atoms with Gasteiger partial charge < -0.3 is 5.11 Å². The number of aliphatic hydroxyl groups is 1. The minimum absolute atomic E-state index is 0.227. The smallest absolute Gasteiger partial charge is 0.0746 e. The summed E-state index contributed by atoms with van der Waals surface area (Å²) < 4.78 is 0. The van der Waals surface area contributed by atoms with Crippen LogP contribution in [0.5, 0.6) is 0 Å². The molecular weight excluding hydrogens is 196 g/mol. The van der Waals surface area contributed by atoms with E-state index in [0.29, 0.717) is 17.3 Å². The molecule has 0 unspecified atom stereocenters. The van der Waals surface area contributed by atoms with E-state index in [4.69, 9.17) is 0 Å². The lowest BCUT2D eigenvalue weighted by molar-refractivity contribution is 0.112. The van der Waals surface area contributed by atoms with Crippen LogP contribution in [0.4, 0.5) is 0 Å². The summed E-state index contributed by atoms with van der Waals surface area (Å²) in [7, 11) is 0. The van der Waals surface area contributed by atoms with E-state index in [9.17, 15) is 5.11 Å². The first-order valence-electron chi connectivity index (χ1n) is 6.46. The molecule has 1 N–H and O–H groups in total.